The molecule has 2 fully saturated rings. The lowest BCUT2D eigenvalue weighted by atomic mass is 10.1. The number of thiophene rings is 1. The Balaban J connectivity index is 1.40. The number of hydrogen-bond donors (Lipinski definition) is 1. The molecule has 0 saturated carbocycles. The number of fused-ring (bicyclic) bond motifs is 1. The lowest BCUT2D eigenvalue weighted by Gasteiger charge is -2.34. The van der Waals surface area contributed by atoms with Crippen molar-refractivity contribution in [1.82, 2.24) is 15.2 Å². The first-order valence-corrected chi connectivity index (χ1v) is 12.0. The van der Waals surface area contributed by atoms with Crippen LogP contribution in [-0.2, 0) is 4.74 Å². The van der Waals surface area contributed by atoms with Crippen LogP contribution >= 0.6 is 11.3 Å². The molecule has 0 aliphatic carbocycles. The van der Waals surface area contributed by atoms with Gasteiger partial charge in [0.1, 0.15) is 5.82 Å². The highest BCUT2D eigenvalue weighted by Crippen LogP contribution is 2.28. The molecule has 2 aliphatic rings. The Bertz CT molecular complexity index is 1030. The molecule has 1 N–H and O–H groups in total. The Morgan fingerprint density at radius 1 is 1.10 bits per heavy atom. The lowest BCUT2D eigenvalue weighted by Crippen LogP contribution is -2.43. The van der Waals surface area contributed by atoms with Gasteiger partial charge in [-0.2, -0.15) is 0 Å². The predicted octanol–water partition coefficient (Wildman–Crippen LogP) is 3.70. The van der Waals surface area contributed by atoms with Gasteiger partial charge in [-0.1, -0.05) is 24.3 Å². The molecule has 2 aromatic heterocycles. The number of carbonyl (C=O) groups excluding carboxylic acids is 1. The minimum absolute atomic E-state index is 0.0463. The van der Waals surface area contributed by atoms with Crippen LogP contribution in [0.1, 0.15) is 34.1 Å². The molecule has 2 aliphatic heterocycles. The van der Waals surface area contributed by atoms with Crippen molar-refractivity contribution in [3.8, 4) is 0 Å². The smallest absolute Gasteiger partial charge is 0.255 e. The SMILES string of the molecule is O=C(NCC(c1cccs1)N1CCOCC1)c1cc2ccccc2nc1N1CCCC1. The standard InChI is InChI=1S/C24H28N4O2S/c29-24(25-17-21(22-8-5-15-31-22)27-11-13-30-14-12-27)19-16-18-6-1-2-7-20(18)26-23(19)28-9-3-4-10-28/h1-2,5-8,15-16,21H,3-4,9-14,17H2,(H,25,29). The summed E-state index contributed by atoms with van der Waals surface area (Å²) >= 11 is 1.74. The first-order chi connectivity index (χ1) is 15.3. The molecule has 1 unspecified atom stereocenters. The van der Waals surface area contributed by atoms with Gasteiger partial charge in [-0.25, -0.2) is 4.98 Å². The number of carbonyl (C=O) groups is 1. The van der Waals surface area contributed by atoms with E-state index in [-0.39, 0.29) is 11.9 Å². The number of ether oxygens (including phenoxy) is 1. The van der Waals surface area contributed by atoms with Crippen LogP contribution in [0.5, 0.6) is 0 Å². The number of rotatable bonds is 6. The molecule has 0 spiro atoms. The van der Waals surface area contributed by atoms with Crippen molar-refractivity contribution >= 4 is 34.0 Å². The van der Waals surface area contributed by atoms with Crippen LogP contribution in [0, 0.1) is 0 Å². The van der Waals surface area contributed by atoms with E-state index in [2.05, 4.69) is 32.6 Å². The van der Waals surface area contributed by atoms with Crippen molar-refractivity contribution in [3.05, 3.63) is 58.3 Å². The second-order valence-electron chi connectivity index (χ2n) is 8.14. The van der Waals surface area contributed by atoms with Gasteiger partial charge in [0.05, 0.1) is 30.3 Å². The summed E-state index contributed by atoms with van der Waals surface area (Å²) in [5.74, 6) is 0.766. The van der Waals surface area contributed by atoms with Gasteiger partial charge < -0.3 is 15.0 Å². The molecule has 1 amide bonds. The summed E-state index contributed by atoms with van der Waals surface area (Å²) in [6, 6.07) is 14.4. The molecular formula is C24H28N4O2S. The fourth-order valence-electron chi connectivity index (χ4n) is 4.51. The largest absolute Gasteiger partial charge is 0.379 e. The number of benzene rings is 1. The number of pyridine rings is 1. The quantitative estimate of drug-likeness (QED) is 0.639. The number of hydrogen-bond acceptors (Lipinski definition) is 6. The van der Waals surface area contributed by atoms with E-state index in [9.17, 15) is 4.79 Å². The fraction of sp³-hybridized carbons (Fsp3) is 0.417. The summed E-state index contributed by atoms with van der Waals surface area (Å²) in [4.78, 5) is 24.2. The van der Waals surface area contributed by atoms with E-state index in [4.69, 9.17) is 9.72 Å². The van der Waals surface area contributed by atoms with E-state index in [1.807, 2.05) is 30.3 Å². The highest BCUT2D eigenvalue weighted by molar-refractivity contribution is 7.10. The molecule has 31 heavy (non-hydrogen) atoms. The van der Waals surface area contributed by atoms with Crippen molar-refractivity contribution in [3.63, 3.8) is 0 Å². The molecule has 7 heteroatoms. The Hall–Kier alpha value is -2.48. The minimum Gasteiger partial charge on any atom is -0.379 e. The predicted molar refractivity (Wildman–Crippen MR) is 125 cm³/mol. The van der Waals surface area contributed by atoms with Crippen LogP contribution in [-0.4, -0.2) is 61.7 Å². The van der Waals surface area contributed by atoms with Crippen LogP contribution in [0.2, 0.25) is 0 Å². The maximum atomic E-state index is 13.4. The van der Waals surface area contributed by atoms with Gasteiger partial charge in [-0.05, 0) is 36.4 Å². The summed E-state index contributed by atoms with van der Waals surface area (Å²) in [5.41, 5.74) is 1.61. The van der Waals surface area contributed by atoms with E-state index in [1.165, 1.54) is 4.88 Å². The average molecular weight is 437 g/mol. The Morgan fingerprint density at radius 2 is 1.90 bits per heavy atom. The number of amides is 1. The third kappa shape index (κ3) is 4.44. The number of morpholine rings is 1. The van der Waals surface area contributed by atoms with Crippen LogP contribution in [0.3, 0.4) is 0 Å². The van der Waals surface area contributed by atoms with Gasteiger partial charge >= 0.3 is 0 Å². The van der Waals surface area contributed by atoms with Gasteiger partial charge in [-0.3, -0.25) is 9.69 Å². The molecule has 0 radical (unpaired) electrons. The summed E-state index contributed by atoms with van der Waals surface area (Å²) in [7, 11) is 0. The molecule has 4 heterocycles. The molecular weight excluding hydrogens is 408 g/mol. The third-order valence-corrected chi connectivity index (χ3v) is 7.14. The Labute approximate surface area is 186 Å². The van der Waals surface area contributed by atoms with Crippen molar-refractivity contribution in [2.24, 2.45) is 0 Å². The summed E-state index contributed by atoms with van der Waals surface area (Å²) < 4.78 is 5.54. The highest BCUT2D eigenvalue weighted by Gasteiger charge is 2.26. The van der Waals surface area contributed by atoms with Gasteiger partial charge in [0.2, 0.25) is 0 Å². The number of nitrogens with one attached hydrogen (secondary N) is 1. The van der Waals surface area contributed by atoms with Crippen molar-refractivity contribution in [2.45, 2.75) is 18.9 Å². The number of anilines is 1. The Morgan fingerprint density at radius 3 is 2.68 bits per heavy atom. The van der Waals surface area contributed by atoms with Gasteiger partial charge in [-0.15, -0.1) is 11.3 Å². The summed E-state index contributed by atoms with van der Waals surface area (Å²) in [5, 5.41) is 6.33. The van der Waals surface area contributed by atoms with Crippen LogP contribution in [0.15, 0.2) is 47.8 Å². The zero-order valence-electron chi connectivity index (χ0n) is 17.6. The molecule has 2 saturated heterocycles. The van der Waals surface area contributed by atoms with E-state index in [0.717, 1.165) is 69.0 Å². The molecule has 1 atom stereocenters. The molecule has 3 aromatic rings. The Kier molecular flexibility index (Phi) is 6.15. The lowest BCUT2D eigenvalue weighted by molar-refractivity contribution is 0.0169. The first-order valence-electron chi connectivity index (χ1n) is 11.1. The highest BCUT2D eigenvalue weighted by atomic mass is 32.1. The summed E-state index contributed by atoms with van der Waals surface area (Å²) in [6.07, 6.45) is 2.29. The molecule has 162 valence electrons. The summed E-state index contributed by atoms with van der Waals surface area (Å²) in [6.45, 7) is 5.73. The fourth-order valence-corrected chi connectivity index (χ4v) is 5.37. The van der Waals surface area contributed by atoms with Crippen molar-refractivity contribution in [1.29, 1.82) is 0 Å². The zero-order valence-corrected chi connectivity index (χ0v) is 18.4. The van der Waals surface area contributed by atoms with Crippen molar-refractivity contribution < 1.29 is 9.53 Å². The monoisotopic (exact) mass is 436 g/mol. The number of para-hydroxylation sites is 1. The maximum absolute atomic E-state index is 13.4. The molecule has 5 rings (SSSR count). The molecule has 0 bridgehead atoms. The molecule has 1 aromatic carbocycles. The van der Waals surface area contributed by atoms with E-state index in [1.54, 1.807) is 11.3 Å². The number of aromatic nitrogens is 1. The van der Waals surface area contributed by atoms with Crippen LogP contribution < -0.4 is 10.2 Å². The zero-order chi connectivity index (χ0) is 21.0. The second kappa shape index (κ2) is 9.34. The second-order valence-corrected chi connectivity index (χ2v) is 9.12. The maximum Gasteiger partial charge on any atom is 0.255 e. The normalized spacial score (nSPS) is 18.4. The third-order valence-electron chi connectivity index (χ3n) is 6.17. The van der Waals surface area contributed by atoms with Crippen molar-refractivity contribution in [2.75, 3.05) is 50.8 Å². The average Bonchev–Trinajstić information content (AvgIpc) is 3.54. The van der Waals surface area contributed by atoms with Crippen LogP contribution in [0.4, 0.5) is 5.82 Å². The first kappa shape index (κ1) is 20.4. The van der Waals surface area contributed by atoms with Gasteiger partial charge in [0.25, 0.3) is 5.91 Å². The van der Waals surface area contributed by atoms with E-state index in [0.29, 0.717) is 12.1 Å². The minimum atomic E-state index is -0.0463. The van der Waals surface area contributed by atoms with Gasteiger partial charge in [0, 0.05) is 43.0 Å². The van der Waals surface area contributed by atoms with Crippen LogP contribution in [0.25, 0.3) is 10.9 Å². The topological polar surface area (TPSA) is 57.7 Å². The molecule has 6 nitrogen and oxygen atoms in total. The van der Waals surface area contributed by atoms with E-state index >= 15 is 0 Å². The van der Waals surface area contributed by atoms with Gasteiger partial charge in [0.15, 0.2) is 0 Å². The van der Waals surface area contributed by atoms with E-state index < -0.39 is 0 Å². The number of nitrogens with zero attached hydrogens (tertiary/aromatic N) is 3.